The molecule has 0 unspecified atom stereocenters. The fourth-order valence-corrected chi connectivity index (χ4v) is 3.48. The summed E-state index contributed by atoms with van der Waals surface area (Å²) in [5.41, 5.74) is 2.48. The topological polar surface area (TPSA) is 86.1 Å². The first-order valence-corrected chi connectivity index (χ1v) is 9.80. The van der Waals surface area contributed by atoms with Crippen molar-refractivity contribution in [1.29, 1.82) is 5.26 Å². The molecule has 0 spiro atoms. The van der Waals surface area contributed by atoms with E-state index in [1.165, 1.54) is 18.5 Å². The van der Waals surface area contributed by atoms with Crippen LogP contribution >= 0.6 is 11.6 Å². The van der Waals surface area contributed by atoms with Crippen LogP contribution < -0.4 is 5.32 Å². The molecule has 1 aliphatic heterocycles. The van der Waals surface area contributed by atoms with E-state index in [0.717, 1.165) is 16.0 Å². The Bertz CT molecular complexity index is 1050. The van der Waals surface area contributed by atoms with Crippen molar-refractivity contribution >= 4 is 29.0 Å². The monoisotopic (exact) mass is 444 g/mol. The molecule has 0 saturated carbocycles. The summed E-state index contributed by atoms with van der Waals surface area (Å²) in [6.45, 7) is 2.72. The van der Waals surface area contributed by atoms with Crippen molar-refractivity contribution in [3.05, 3.63) is 71.0 Å². The second-order valence-electron chi connectivity index (χ2n) is 7.23. The normalized spacial score (nSPS) is 17.1. The number of aromatic nitrogens is 1. The quantitative estimate of drug-likeness (QED) is 0.739. The van der Waals surface area contributed by atoms with Gasteiger partial charge < -0.3 is 10.2 Å². The fourth-order valence-electron chi connectivity index (χ4n) is 3.35. The van der Waals surface area contributed by atoms with Gasteiger partial charge in [-0.25, -0.2) is 8.78 Å². The second kappa shape index (κ2) is 9.23. The van der Waals surface area contributed by atoms with Crippen LogP contribution in [0.15, 0.2) is 49.3 Å². The summed E-state index contributed by atoms with van der Waals surface area (Å²) in [5, 5.41) is 12.1. The molecule has 1 saturated heterocycles. The van der Waals surface area contributed by atoms with Gasteiger partial charge in [0.25, 0.3) is 11.8 Å². The van der Waals surface area contributed by atoms with Crippen molar-refractivity contribution in [2.24, 2.45) is 0 Å². The predicted molar refractivity (Wildman–Crippen MR) is 111 cm³/mol. The number of benzene rings is 1. The van der Waals surface area contributed by atoms with Crippen LogP contribution in [0.4, 0.5) is 8.78 Å². The Balaban J connectivity index is 1.66. The van der Waals surface area contributed by atoms with E-state index in [9.17, 15) is 18.4 Å². The van der Waals surface area contributed by atoms with Crippen molar-refractivity contribution in [2.45, 2.75) is 24.8 Å². The van der Waals surface area contributed by atoms with Crippen LogP contribution in [0.2, 0.25) is 5.02 Å². The highest BCUT2D eigenvalue weighted by Gasteiger charge is 2.47. The lowest BCUT2D eigenvalue weighted by Gasteiger charge is -2.19. The van der Waals surface area contributed by atoms with E-state index < -0.39 is 43.3 Å². The minimum Gasteiger partial charge on any atom is -0.343 e. The first-order chi connectivity index (χ1) is 14.7. The lowest BCUT2D eigenvalue weighted by molar-refractivity contribution is -0.131. The van der Waals surface area contributed by atoms with E-state index in [2.05, 4.69) is 16.9 Å². The number of carbonyl (C=O) groups is 2. The van der Waals surface area contributed by atoms with Gasteiger partial charge in [-0.3, -0.25) is 14.6 Å². The second-order valence-corrected chi connectivity index (χ2v) is 7.67. The summed E-state index contributed by atoms with van der Waals surface area (Å²) >= 11 is 5.90. The van der Waals surface area contributed by atoms with Gasteiger partial charge in [-0.15, -0.1) is 0 Å². The van der Waals surface area contributed by atoms with Crippen LogP contribution in [0.5, 0.6) is 0 Å². The third-order valence-corrected chi connectivity index (χ3v) is 5.20. The molecule has 0 radical (unpaired) electrons. The molecular weight excluding hydrogens is 426 g/mol. The maximum atomic E-state index is 13.5. The summed E-state index contributed by atoms with van der Waals surface area (Å²) in [4.78, 5) is 29.8. The molecule has 160 valence electrons. The van der Waals surface area contributed by atoms with Crippen LogP contribution in [-0.2, 0) is 11.2 Å². The minimum absolute atomic E-state index is 0.293. The van der Waals surface area contributed by atoms with E-state index in [0.29, 0.717) is 22.6 Å². The highest BCUT2D eigenvalue weighted by atomic mass is 35.5. The number of rotatable bonds is 6. The average molecular weight is 445 g/mol. The standard InChI is InChI=1S/C22H19ClF2N4O2/c1-14(15-2-4-17(23)5-3-15)8-16-11-27-7-6-19(16)21(31)28-12-20(30)29-13-22(24,25)9-18(29)10-26/h2-7,11,18H,1,8-9,12-13H2,(H,28,31)/t18-/m0/s1. The summed E-state index contributed by atoms with van der Waals surface area (Å²) in [6, 6.07) is 9.11. The molecule has 2 amide bonds. The number of nitrogens with zero attached hydrogens (tertiary/aromatic N) is 3. The van der Waals surface area contributed by atoms with E-state index in [4.69, 9.17) is 16.9 Å². The van der Waals surface area contributed by atoms with Gasteiger partial charge in [0.15, 0.2) is 0 Å². The Kier molecular flexibility index (Phi) is 6.66. The molecule has 31 heavy (non-hydrogen) atoms. The van der Waals surface area contributed by atoms with Crippen LogP contribution in [0.1, 0.15) is 27.9 Å². The van der Waals surface area contributed by atoms with Gasteiger partial charge in [0, 0.05) is 29.4 Å². The Hall–Kier alpha value is -3.31. The molecule has 3 rings (SSSR count). The summed E-state index contributed by atoms with van der Waals surface area (Å²) < 4.78 is 27.1. The van der Waals surface area contributed by atoms with Crippen molar-refractivity contribution in [2.75, 3.05) is 13.1 Å². The van der Waals surface area contributed by atoms with Gasteiger partial charge in [0.2, 0.25) is 5.91 Å². The molecule has 2 heterocycles. The number of hydrogen-bond acceptors (Lipinski definition) is 4. The number of likely N-dealkylation sites (tertiary alicyclic amines) is 1. The lowest BCUT2D eigenvalue weighted by Crippen LogP contribution is -2.43. The van der Waals surface area contributed by atoms with Crippen LogP contribution in [0.3, 0.4) is 0 Å². The largest absolute Gasteiger partial charge is 0.343 e. The zero-order valence-corrected chi connectivity index (χ0v) is 17.2. The SMILES string of the molecule is C=C(Cc1cnccc1C(=O)NCC(=O)N1CC(F)(F)C[C@H]1C#N)c1ccc(Cl)cc1. The van der Waals surface area contributed by atoms with E-state index in [-0.39, 0.29) is 0 Å². The highest BCUT2D eigenvalue weighted by Crippen LogP contribution is 2.31. The molecule has 1 aliphatic rings. The van der Waals surface area contributed by atoms with Crippen molar-refractivity contribution in [3.8, 4) is 6.07 Å². The zero-order chi connectivity index (χ0) is 22.6. The first-order valence-electron chi connectivity index (χ1n) is 9.42. The molecule has 1 N–H and O–H groups in total. The van der Waals surface area contributed by atoms with Gasteiger partial charge in [-0.05, 0) is 41.3 Å². The minimum atomic E-state index is -3.11. The Morgan fingerprint density at radius 1 is 1.32 bits per heavy atom. The van der Waals surface area contributed by atoms with Crippen molar-refractivity contribution in [3.63, 3.8) is 0 Å². The first kappa shape index (κ1) is 22.4. The molecule has 9 heteroatoms. The van der Waals surface area contributed by atoms with Gasteiger partial charge in [-0.2, -0.15) is 5.26 Å². The molecule has 1 fully saturated rings. The molecule has 0 aliphatic carbocycles. The number of halogens is 3. The van der Waals surface area contributed by atoms with Crippen LogP contribution in [-0.4, -0.2) is 46.8 Å². The smallest absolute Gasteiger partial charge is 0.268 e. The third-order valence-electron chi connectivity index (χ3n) is 4.94. The maximum absolute atomic E-state index is 13.5. The average Bonchev–Trinajstić information content (AvgIpc) is 3.07. The number of nitriles is 1. The Morgan fingerprint density at radius 2 is 2.03 bits per heavy atom. The number of pyridine rings is 1. The van der Waals surface area contributed by atoms with E-state index in [1.807, 2.05) is 12.1 Å². The number of hydrogen-bond donors (Lipinski definition) is 1. The van der Waals surface area contributed by atoms with Crippen LogP contribution in [0.25, 0.3) is 5.57 Å². The van der Waals surface area contributed by atoms with Gasteiger partial charge in [-0.1, -0.05) is 30.3 Å². The number of carbonyl (C=O) groups excluding carboxylic acids is 2. The number of amides is 2. The number of alkyl halides is 2. The third kappa shape index (κ3) is 5.44. The predicted octanol–water partition coefficient (Wildman–Crippen LogP) is 3.48. The molecule has 0 bridgehead atoms. The summed E-state index contributed by atoms with van der Waals surface area (Å²) in [6.07, 6.45) is 2.61. The number of nitrogens with one attached hydrogen (secondary N) is 1. The maximum Gasteiger partial charge on any atom is 0.268 e. The molecule has 1 aromatic carbocycles. The summed E-state index contributed by atoms with van der Waals surface area (Å²) in [7, 11) is 0. The Morgan fingerprint density at radius 3 is 2.71 bits per heavy atom. The molecule has 2 aromatic rings. The molecule has 1 atom stereocenters. The Labute approximate surface area is 183 Å². The van der Waals surface area contributed by atoms with Crippen molar-refractivity contribution in [1.82, 2.24) is 15.2 Å². The highest BCUT2D eigenvalue weighted by molar-refractivity contribution is 6.30. The van der Waals surface area contributed by atoms with Gasteiger partial charge in [0.1, 0.15) is 6.04 Å². The van der Waals surface area contributed by atoms with E-state index >= 15 is 0 Å². The van der Waals surface area contributed by atoms with Crippen LogP contribution in [0, 0.1) is 11.3 Å². The zero-order valence-electron chi connectivity index (χ0n) is 16.4. The fraction of sp³-hybridized carbons (Fsp3) is 0.273. The molecule has 6 nitrogen and oxygen atoms in total. The molecular formula is C22H19ClF2N4O2. The van der Waals surface area contributed by atoms with Gasteiger partial charge >= 0.3 is 0 Å². The van der Waals surface area contributed by atoms with Gasteiger partial charge in [0.05, 0.1) is 19.2 Å². The summed E-state index contributed by atoms with van der Waals surface area (Å²) in [5.74, 6) is -4.40. The van der Waals surface area contributed by atoms with E-state index in [1.54, 1.807) is 18.2 Å². The number of allylic oxidation sites excluding steroid dienone is 1. The lowest BCUT2D eigenvalue weighted by atomic mass is 9.97. The molecule has 1 aromatic heterocycles. The van der Waals surface area contributed by atoms with Crippen molar-refractivity contribution < 1.29 is 18.4 Å².